The number of carbonyl (C=O) groups excluding carboxylic acids is 1. The topological polar surface area (TPSA) is 61.7 Å². The van der Waals surface area contributed by atoms with E-state index in [4.69, 9.17) is 0 Å². The smallest absolute Gasteiger partial charge is 0.275 e. The number of hydrogen-bond donors (Lipinski definition) is 2. The fraction of sp³-hybridized carbons (Fsp3) is 0.222. The molecule has 0 heterocycles. The largest absolute Gasteiger partial charge is 0.507 e. The van der Waals surface area contributed by atoms with Gasteiger partial charge < -0.3 is 5.11 Å². The lowest BCUT2D eigenvalue weighted by Gasteiger charge is -2.08. The molecule has 0 radical (unpaired) electrons. The molecule has 4 heteroatoms. The monoisotopic (exact) mass is 294 g/mol. The summed E-state index contributed by atoms with van der Waals surface area (Å²) in [6.45, 7) is 0. The molecule has 0 bridgehead atoms. The van der Waals surface area contributed by atoms with Crippen LogP contribution in [-0.2, 0) is 6.42 Å². The van der Waals surface area contributed by atoms with Crippen LogP contribution in [0.5, 0.6) is 5.75 Å². The third-order valence-electron chi connectivity index (χ3n) is 3.88. The van der Waals surface area contributed by atoms with Crippen LogP contribution < -0.4 is 5.43 Å². The summed E-state index contributed by atoms with van der Waals surface area (Å²) in [6, 6.07) is 14.6. The first-order valence-electron chi connectivity index (χ1n) is 7.49. The zero-order chi connectivity index (χ0) is 15.4. The Bertz CT molecular complexity index is 723. The van der Waals surface area contributed by atoms with Gasteiger partial charge in [-0.2, -0.15) is 5.10 Å². The molecular formula is C18H18N2O2. The summed E-state index contributed by atoms with van der Waals surface area (Å²) >= 11 is 0. The highest BCUT2D eigenvalue weighted by atomic mass is 16.3. The Kier molecular flexibility index (Phi) is 4.19. The first-order valence-corrected chi connectivity index (χ1v) is 7.49. The maximum atomic E-state index is 12.1. The molecule has 0 unspecified atom stereocenters. The maximum Gasteiger partial charge on any atom is 0.275 e. The van der Waals surface area contributed by atoms with E-state index in [1.807, 2.05) is 18.2 Å². The van der Waals surface area contributed by atoms with Crippen molar-refractivity contribution in [3.63, 3.8) is 0 Å². The number of benzene rings is 2. The van der Waals surface area contributed by atoms with Crippen molar-refractivity contribution in [3.05, 3.63) is 65.2 Å². The molecule has 2 aromatic rings. The number of hydrazone groups is 1. The second kappa shape index (κ2) is 6.43. The van der Waals surface area contributed by atoms with Gasteiger partial charge in [0, 0.05) is 5.56 Å². The Labute approximate surface area is 129 Å². The zero-order valence-corrected chi connectivity index (χ0v) is 12.2. The fourth-order valence-electron chi connectivity index (χ4n) is 2.72. The first kappa shape index (κ1) is 14.3. The number of aryl methyl sites for hydroxylation is 1. The van der Waals surface area contributed by atoms with Gasteiger partial charge in [0.25, 0.3) is 5.91 Å². The number of hydrogen-bond acceptors (Lipinski definition) is 3. The highest BCUT2D eigenvalue weighted by molar-refractivity contribution is 6.03. The molecule has 2 N–H and O–H groups in total. The number of amides is 1. The van der Waals surface area contributed by atoms with Gasteiger partial charge >= 0.3 is 0 Å². The van der Waals surface area contributed by atoms with E-state index >= 15 is 0 Å². The first-order chi connectivity index (χ1) is 10.8. The third kappa shape index (κ3) is 3.01. The van der Waals surface area contributed by atoms with E-state index in [1.54, 1.807) is 18.2 Å². The molecule has 22 heavy (non-hydrogen) atoms. The van der Waals surface area contributed by atoms with Crippen LogP contribution in [0.25, 0.3) is 0 Å². The molecule has 112 valence electrons. The van der Waals surface area contributed by atoms with Crippen LogP contribution in [0.1, 0.15) is 40.7 Å². The molecule has 1 aliphatic carbocycles. The second-order valence-electron chi connectivity index (χ2n) is 5.38. The summed E-state index contributed by atoms with van der Waals surface area (Å²) in [7, 11) is 0. The molecule has 1 aliphatic rings. The molecule has 0 aromatic heterocycles. The minimum Gasteiger partial charge on any atom is -0.507 e. The Balaban J connectivity index is 1.84. The summed E-state index contributed by atoms with van der Waals surface area (Å²) in [6.07, 6.45) is 4.07. The van der Waals surface area contributed by atoms with E-state index in [1.165, 1.54) is 11.6 Å². The molecule has 1 amide bonds. The lowest BCUT2D eigenvalue weighted by molar-refractivity contribution is 0.0952. The summed E-state index contributed by atoms with van der Waals surface area (Å²) in [5.41, 5.74) is 6.08. The molecule has 2 aromatic carbocycles. The molecule has 3 rings (SSSR count). The molecule has 0 spiro atoms. The molecular weight excluding hydrogens is 276 g/mol. The van der Waals surface area contributed by atoms with Crippen molar-refractivity contribution in [1.82, 2.24) is 5.43 Å². The van der Waals surface area contributed by atoms with Crippen LogP contribution in [0, 0.1) is 0 Å². The van der Waals surface area contributed by atoms with Gasteiger partial charge in [-0.3, -0.25) is 4.79 Å². The van der Waals surface area contributed by atoms with Gasteiger partial charge in [0.2, 0.25) is 0 Å². The van der Waals surface area contributed by atoms with Crippen molar-refractivity contribution in [2.24, 2.45) is 5.10 Å². The van der Waals surface area contributed by atoms with Crippen molar-refractivity contribution in [2.45, 2.75) is 25.7 Å². The predicted molar refractivity (Wildman–Crippen MR) is 86.1 cm³/mol. The van der Waals surface area contributed by atoms with Crippen LogP contribution in [-0.4, -0.2) is 16.7 Å². The highest BCUT2D eigenvalue weighted by Crippen LogP contribution is 2.21. The van der Waals surface area contributed by atoms with Crippen molar-refractivity contribution in [1.29, 1.82) is 0 Å². The SMILES string of the molecule is O=C(N/N=C1\CCCCc2ccccc21)c1ccccc1O. The summed E-state index contributed by atoms with van der Waals surface area (Å²) < 4.78 is 0. The molecule has 4 nitrogen and oxygen atoms in total. The standard InChI is InChI=1S/C18H18N2O2/c21-17-12-6-4-10-15(17)18(22)20-19-16-11-5-2-8-13-7-1-3-9-14(13)16/h1,3-4,6-7,9-10,12,21H,2,5,8,11H2,(H,20,22)/b19-16+. The quantitative estimate of drug-likeness (QED) is 0.659. The fourth-order valence-corrected chi connectivity index (χ4v) is 2.72. The Morgan fingerprint density at radius 2 is 1.73 bits per heavy atom. The van der Waals surface area contributed by atoms with Crippen LogP contribution in [0.15, 0.2) is 53.6 Å². The third-order valence-corrected chi connectivity index (χ3v) is 3.88. The van der Waals surface area contributed by atoms with Crippen LogP contribution in [0.2, 0.25) is 0 Å². The molecule has 0 saturated heterocycles. The lowest BCUT2D eigenvalue weighted by atomic mass is 10.0. The average Bonchev–Trinajstić information content (AvgIpc) is 2.75. The van der Waals surface area contributed by atoms with Gasteiger partial charge in [0.05, 0.1) is 11.3 Å². The average molecular weight is 294 g/mol. The lowest BCUT2D eigenvalue weighted by Crippen LogP contribution is -2.20. The minimum atomic E-state index is -0.396. The van der Waals surface area contributed by atoms with E-state index in [-0.39, 0.29) is 11.3 Å². The van der Waals surface area contributed by atoms with Crippen molar-refractivity contribution < 1.29 is 9.90 Å². The van der Waals surface area contributed by atoms with E-state index in [0.29, 0.717) is 0 Å². The number of nitrogens with zero attached hydrogens (tertiary/aromatic N) is 1. The van der Waals surface area contributed by atoms with E-state index in [9.17, 15) is 9.90 Å². The summed E-state index contributed by atoms with van der Waals surface area (Å²) in [4.78, 5) is 12.1. The summed E-state index contributed by atoms with van der Waals surface area (Å²) in [5, 5.41) is 14.0. The van der Waals surface area contributed by atoms with Crippen molar-refractivity contribution >= 4 is 11.6 Å². The number of para-hydroxylation sites is 1. The second-order valence-corrected chi connectivity index (χ2v) is 5.38. The Hall–Kier alpha value is -2.62. The van der Waals surface area contributed by atoms with Gasteiger partial charge in [0.15, 0.2) is 0 Å². The maximum absolute atomic E-state index is 12.1. The van der Waals surface area contributed by atoms with Crippen molar-refractivity contribution in [2.75, 3.05) is 0 Å². The number of phenolic OH excluding ortho intramolecular Hbond substituents is 1. The molecule has 0 atom stereocenters. The number of aromatic hydroxyl groups is 1. The molecule has 0 aliphatic heterocycles. The van der Waals surface area contributed by atoms with E-state index < -0.39 is 5.91 Å². The van der Waals surface area contributed by atoms with Crippen LogP contribution >= 0.6 is 0 Å². The van der Waals surface area contributed by atoms with Gasteiger partial charge in [-0.05, 0) is 43.4 Å². The Morgan fingerprint density at radius 1 is 1.00 bits per heavy atom. The summed E-state index contributed by atoms with van der Waals surface area (Å²) in [5.74, 6) is -0.436. The number of phenols is 1. The Morgan fingerprint density at radius 3 is 2.59 bits per heavy atom. The van der Waals surface area contributed by atoms with E-state index in [2.05, 4.69) is 16.6 Å². The van der Waals surface area contributed by atoms with E-state index in [0.717, 1.165) is 37.0 Å². The molecule has 0 saturated carbocycles. The van der Waals surface area contributed by atoms with Gasteiger partial charge in [-0.1, -0.05) is 36.4 Å². The number of fused-ring (bicyclic) bond motifs is 1. The van der Waals surface area contributed by atoms with Crippen LogP contribution in [0.4, 0.5) is 0 Å². The number of rotatable bonds is 2. The highest BCUT2D eigenvalue weighted by Gasteiger charge is 2.15. The van der Waals surface area contributed by atoms with Crippen molar-refractivity contribution in [3.8, 4) is 5.75 Å². The van der Waals surface area contributed by atoms with Gasteiger partial charge in [0.1, 0.15) is 5.75 Å². The minimum absolute atomic E-state index is 0.0403. The zero-order valence-electron chi connectivity index (χ0n) is 12.2. The predicted octanol–water partition coefficient (Wildman–Crippen LogP) is 3.25. The number of carbonyl (C=O) groups is 1. The van der Waals surface area contributed by atoms with Gasteiger partial charge in [-0.25, -0.2) is 5.43 Å². The number of nitrogens with one attached hydrogen (secondary N) is 1. The molecule has 0 fully saturated rings. The van der Waals surface area contributed by atoms with Crippen LogP contribution in [0.3, 0.4) is 0 Å². The normalized spacial score (nSPS) is 15.9. The van der Waals surface area contributed by atoms with Gasteiger partial charge in [-0.15, -0.1) is 0 Å².